The molecular formula is C5H10N2. The van der Waals surface area contributed by atoms with Gasteiger partial charge in [-0.1, -0.05) is 24.8 Å². The Morgan fingerprint density at radius 3 is 2.14 bits per heavy atom. The van der Waals surface area contributed by atoms with Crippen molar-refractivity contribution in [3.63, 3.8) is 0 Å². The van der Waals surface area contributed by atoms with Gasteiger partial charge in [0.25, 0.3) is 0 Å². The highest BCUT2D eigenvalue weighted by Gasteiger charge is 1.76. The monoisotopic (exact) mass is 98.1 g/mol. The molecule has 0 bridgehead atoms. The molecule has 7 heavy (non-hydrogen) atoms. The standard InChI is InChI=1S/C5H10N2/c1-2-3-4-5(6)7/h2-5H,1,6-7H2/b4-3-. The maximum Gasteiger partial charge on any atom is 0.0716 e. The van der Waals surface area contributed by atoms with Crippen molar-refractivity contribution in [3.8, 4) is 0 Å². The van der Waals surface area contributed by atoms with Crippen molar-refractivity contribution in [2.24, 2.45) is 11.5 Å². The van der Waals surface area contributed by atoms with Crippen LogP contribution in [0.4, 0.5) is 0 Å². The summed E-state index contributed by atoms with van der Waals surface area (Å²) in [6.07, 6.45) is 4.66. The Morgan fingerprint density at radius 2 is 2.00 bits per heavy atom. The first-order valence-corrected chi connectivity index (χ1v) is 2.07. The lowest BCUT2D eigenvalue weighted by Gasteiger charge is -1.89. The van der Waals surface area contributed by atoms with Crippen LogP contribution in [0.5, 0.6) is 0 Å². The third-order valence-electron chi connectivity index (χ3n) is 0.469. The van der Waals surface area contributed by atoms with E-state index in [0.717, 1.165) is 0 Å². The topological polar surface area (TPSA) is 52.0 Å². The van der Waals surface area contributed by atoms with Crippen LogP contribution in [0.2, 0.25) is 0 Å². The molecule has 0 unspecified atom stereocenters. The van der Waals surface area contributed by atoms with Gasteiger partial charge in [-0.15, -0.1) is 0 Å². The lowest BCUT2D eigenvalue weighted by Crippen LogP contribution is -2.27. The Morgan fingerprint density at radius 1 is 1.43 bits per heavy atom. The summed E-state index contributed by atoms with van der Waals surface area (Å²) in [6, 6.07) is 0. The molecule has 0 amide bonds. The summed E-state index contributed by atoms with van der Waals surface area (Å²) in [6.45, 7) is 3.43. The SMILES string of the molecule is C=C/C=C\C(N)N. The van der Waals surface area contributed by atoms with Gasteiger partial charge in [0.05, 0.1) is 6.17 Å². The smallest absolute Gasteiger partial charge is 0.0716 e. The van der Waals surface area contributed by atoms with E-state index in [1.54, 1.807) is 18.2 Å². The zero-order valence-corrected chi connectivity index (χ0v) is 4.17. The predicted molar refractivity (Wildman–Crippen MR) is 31.5 cm³/mol. The van der Waals surface area contributed by atoms with Crippen LogP contribution in [-0.4, -0.2) is 6.17 Å². The van der Waals surface area contributed by atoms with Crippen LogP contribution in [0.3, 0.4) is 0 Å². The number of hydrogen-bond donors (Lipinski definition) is 2. The van der Waals surface area contributed by atoms with E-state index in [4.69, 9.17) is 11.5 Å². The van der Waals surface area contributed by atoms with Gasteiger partial charge in [-0.3, -0.25) is 0 Å². The third kappa shape index (κ3) is 5.40. The number of nitrogens with two attached hydrogens (primary N) is 2. The molecule has 0 aliphatic carbocycles. The number of rotatable bonds is 2. The second kappa shape index (κ2) is 3.59. The van der Waals surface area contributed by atoms with Gasteiger partial charge in [-0.25, -0.2) is 0 Å². The summed E-state index contributed by atoms with van der Waals surface area (Å²) in [5.41, 5.74) is 10.2. The minimum Gasteiger partial charge on any atom is -0.313 e. The zero-order valence-electron chi connectivity index (χ0n) is 4.17. The first-order valence-electron chi connectivity index (χ1n) is 2.07. The molecule has 0 radical (unpaired) electrons. The molecule has 0 rings (SSSR count). The Balaban J connectivity index is 3.25. The van der Waals surface area contributed by atoms with Gasteiger partial charge in [-0.05, 0) is 0 Å². The van der Waals surface area contributed by atoms with Crippen LogP contribution in [0.25, 0.3) is 0 Å². The van der Waals surface area contributed by atoms with Gasteiger partial charge in [0.15, 0.2) is 0 Å². The van der Waals surface area contributed by atoms with Gasteiger partial charge in [-0.2, -0.15) is 0 Å². The van der Waals surface area contributed by atoms with Crippen molar-refractivity contribution in [2.45, 2.75) is 6.17 Å². The lowest BCUT2D eigenvalue weighted by atomic mass is 10.4. The van der Waals surface area contributed by atoms with Gasteiger partial charge < -0.3 is 11.5 Å². The summed E-state index contributed by atoms with van der Waals surface area (Å²) >= 11 is 0. The fourth-order valence-corrected chi connectivity index (χ4v) is 0.207. The minimum absolute atomic E-state index is 0.349. The molecule has 0 saturated carbocycles. The molecule has 0 aromatic heterocycles. The van der Waals surface area contributed by atoms with E-state index in [1.165, 1.54) is 0 Å². The third-order valence-corrected chi connectivity index (χ3v) is 0.469. The minimum atomic E-state index is -0.349. The summed E-state index contributed by atoms with van der Waals surface area (Å²) in [7, 11) is 0. The van der Waals surface area contributed by atoms with E-state index in [-0.39, 0.29) is 6.17 Å². The van der Waals surface area contributed by atoms with Gasteiger partial charge >= 0.3 is 0 Å². The largest absolute Gasteiger partial charge is 0.313 e. The Bertz CT molecular complexity index is 74.1. The van der Waals surface area contributed by atoms with Crippen molar-refractivity contribution in [1.82, 2.24) is 0 Å². The fourth-order valence-electron chi connectivity index (χ4n) is 0.207. The summed E-state index contributed by atoms with van der Waals surface area (Å²) in [5.74, 6) is 0. The predicted octanol–water partition coefficient (Wildman–Crippen LogP) is -0.0279. The van der Waals surface area contributed by atoms with Crippen molar-refractivity contribution >= 4 is 0 Å². The van der Waals surface area contributed by atoms with Crippen LogP contribution in [0, 0.1) is 0 Å². The molecule has 0 atom stereocenters. The Kier molecular flexibility index (Phi) is 3.28. The van der Waals surface area contributed by atoms with Gasteiger partial charge in [0.2, 0.25) is 0 Å². The second-order valence-electron chi connectivity index (χ2n) is 1.20. The zero-order chi connectivity index (χ0) is 5.70. The van der Waals surface area contributed by atoms with E-state index in [9.17, 15) is 0 Å². The molecule has 0 aromatic rings. The molecule has 0 heterocycles. The lowest BCUT2D eigenvalue weighted by molar-refractivity contribution is 0.876. The van der Waals surface area contributed by atoms with Crippen molar-refractivity contribution < 1.29 is 0 Å². The highest BCUT2D eigenvalue weighted by Crippen LogP contribution is 1.70. The van der Waals surface area contributed by atoms with Crippen LogP contribution in [0.15, 0.2) is 24.8 Å². The molecule has 0 aliphatic heterocycles. The second-order valence-corrected chi connectivity index (χ2v) is 1.20. The van der Waals surface area contributed by atoms with Crippen molar-refractivity contribution in [3.05, 3.63) is 24.8 Å². The van der Waals surface area contributed by atoms with Gasteiger partial charge in [0.1, 0.15) is 0 Å². The highest BCUT2D eigenvalue weighted by molar-refractivity contribution is 5.00. The van der Waals surface area contributed by atoms with Crippen LogP contribution in [0.1, 0.15) is 0 Å². The molecular weight excluding hydrogens is 88.1 g/mol. The average molecular weight is 98.1 g/mol. The van der Waals surface area contributed by atoms with E-state index < -0.39 is 0 Å². The Labute approximate surface area is 43.5 Å². The first kappa shape index (κ1) is 6.40. The first-order chi connectivity index (χ1) is 3.27. The van der Waals surface area contributed by atoms with Crippen molar-refractivity contribution in [2.75, 3.05) is 0 Å². The van der Waals surface area contributed by atoms with Gasteiger partial charge in [0, 0.05) is 0 Å². The van der Waals surface area contributed by atoms with E-state index in [1.807, 2.05) is 0 Å². The van der Waals surface area contributed by atoms with E-state index in [2.05, 4.69) is 6.58 Å². The number of allylic oxidation sites excluding steroid dienone is 2. The molecule has 0 fully saturated rings. The van der Waals surface area contributed by atoms with Crippen LogP contribution < -0.4 is 11.5 Å². The Hall–Kier alpha value is -0.600. The molecule has 2 heteroatoms. The maximum absolute atomic E-state index is 5.12. The molecule has 40 valence electrons. The fraction of sp³-hybridized carbons (Fsp3) is 0.200. The quantitative estimate of drug-likeness (QED) is 0.376. The van der Waals surface area contributed by atoms with Crippen molar-refractivity contribution in [1.29, 1.82) is 0 Å². The highest BCUT2D eigenvalue weighted by atomic mass is 14.8. The molecule has 2 nitrogen and oxygen atoms in total. The molecule has 4 N–H and O–H groups in total. The van der Waals surface area contributed by atoms with Crippen LogP contribution in [-0.2, 0) is 0 Å². The maximum atomic E-state index is 5.12. The van der Waals surface area contributed by atoms with E-state index >= 15 is 0 Å². The van der Waals surface area contributed by atoms with Crippen LogP contribution >= 0.6 is 0 Å². The summed E-state index contributed by atoms with van der Waals surface area (Å²) < 4.78 is 0. The molecule has 0 aliphatic rings. The molecule has 0 spiro atoms. The average Bonchev–Trinajstić information content (AvgIpc) is 1.61. The molecule has 0 saturated heterocycles. The van der Waals surface area contributed by atoms with E-state index in [0.29, 0.717) is 0 Å². The summed E-state index contributed by atoms with van der Waals surface area (Å²) in [5, 5.41) is 0. The summed E-state index contributed by atoms with van der Waals surface area (Å²) in [4.78, 5) is 0. The normalized spacial score (nSPS) is 10.7. The molecule has 0 aromatic carbocycles. The number of hydrogen-bond acceptors (Lipinski definition) is 2.